The van der Waals surface area contributed by atoms with Crippen LogP contribution in [-0.2, 0) is 4.79 Å². The molecule has 9 heavy (non-hydrogen) atoms. The van der Waals surface area contributed by atoms with Crippen LogP contribution in [-0.4, -0.2) is 12.1 Å². The van der Waals surface area contributed by atoms with Crippen LogP contribution in [0.5, 0.6) is 0 Å². The molecule has 0 saturated carbocycles. The molecule has 2 heteroatoms. The highest BCUT2D eigenvalue weighted by molar-refractivity contribution is 5.92. The minimum absolute atomic E-state index is 0.261. The van der Waals surface area contributed by atoms with Gasteiger partial charge in [0.1, 0.15) is 0 Å². The van der Waals surface area contributed by atoms with E-state index in [2.05, 4.69) is 11.6 Å². The number of rotatable bonds is 3. The highest BCUT2D eigenvalue weighted by Gasteiger charge is 1.83. The number of amides is 1. The van der Waals surface area contributed by atoms with Gasteiger partial charge in [0, 0.05) is 6.21 Å². The van der Waals surface area contributed by atoms with Gasteiger partial charge in [0.2, 0.25) is 0 Å². The summed E-state index contributed by atoms with van der Waals surface area (Å²) < 4.78 is 0. The molecular formula is C7H11NO. The van der Waals surface area contributed by atoms with Crippen molar-refractivity contribution < 1.29 is 4.79 Å². The number of hydrogen-bond donors (Lipinski definition) is 0. The van der Waals surface area contributed by atoms with Crippen molar-refractivity contribution in [3.05, 3.63) is 12.7 Å². The van der Waals surface area contributed by atoms with Crippen LogP contribution in [0.25, 0.3) is 0 Å². The quantitative estimate of drug-likeness (QED) is 0.416. The van der Waals surface area contributed by atoms with Gasteiger partial charge in [-0.3, -0.25) is 4.79 Å². The van der Waals surface area contributed by atoms with Gasteiger partial charge in [-0.25, -0.2) is 4.99 Å². The van der Waals surface area contributed by atoms with Crippen molar-refractivity contribution in [1.82, 2.24) is 0 Å². The van der Waals surface area contributed by atoms with Crippen molar-refractivity contribution in [2.45, 2.75) is 19.8 Å². The van der Waals surface area contributed by atoms with E-state index in [4.69, 9.17) is 0 Å². The summed E-state index contributed by atoms with van der Waals surface area (Å²) >= 11 is 0. The third kappa shape index (κ3) is 4.94. The van der Waals surface area contributed by atoms with E-state index in [-0.39, 0.29) is 5.91 Å². The van der Waals surface area contributed by atoms with Gasteiger partial charge in [-0.05, 0) is 12.5 Å². The molecule has 0 radical (unpaired) electrons. The van der Waals surface area contributed by atoms with Crippen LogP contribution < -0.4 is 0 Å². The monoisotopic (exact) mass is 125 g/mol. The molecule has 0 spiro atoms. The average molecular weight is 125 g/mol. The summed E-state index contributed by atoms with van der Waals surface area (Å²) in [7, 11) is 0. The van der Waals surface area contributed by atoms with Gasteiger partial charge in [-0.15, -0.1) is 0 Å². The van der Waals surface area contributed by atoms with E-state index in [1.54, 1.807) is 6.21 Å². The first kappa shape index (κ1) is 8.08. The van der Waals surface area contributed by atoms with E-state index < -0.39 is 0 Å². The van der Waals surface area contributed by atoms with Crippen LogP contribution in [0.15, 0.2) is 17.6 Å². The highest BCUT2D eigenvalue weighted by atomic mass is 16.1. The lowest BCUT2D eigenvalue weighted by Crippen LogP contribution is -1.85. The highest BCUT2D eigenvalue weighted by Crippen LogP contribution is 1.81. The maximum absolute atomic E-state index is 10.4. The largest absolute Gasteiger partial charge is 0.268 e. The van der Waals surface area contributed by atoms with Gasteiger partial charge in [-0.2, -0.15) is 0 Å². The zero-order valence-electron chi connectivity index (χ0n) is 5.63. The molecule has 0 aromatic heterocycles. The lowest BCUT2D eigenvalue weighted by molar-refractivity contribution is -0.113. The fourth-order valence-corrected chi connectivity index (χ4v) is 0.336. The van der Waals surface area contributed by atoms with Crippen LogP contribution >= 0.6 is 0 Å². The van der Waals surface area contributed by atoms with E-state index in [0.717, 1.165) is 12.8 Å². The molecule has 0 aliphatic carbocycles. The maximum Gasteiger partial charge on any atom is 0.268 e. The van der Waals surface area contributed by atoms with Gasteiger partial charge in [-0.1, -0.05) is 19.9 Å². The van der Waals surface area contributed by atoms with E-state index in [1.165, 1.54) is 6.08 Å². The molecule has 1 amide bonds. The number of carbonyl (C=O) groups excluding carboxylic acids is 1. The zero-order valence-corrected chi connectivity index (χ0v) is 5.63. The maximum atomic E-state index is 10.4. The fraction of sp³-hybridized carbons (Fsp3) is 0.429. The van der Waals surface area contributed by atoms with Crippen LogP contribution in [0, 0.1) is 0 Å². The molecular weight excluding hydrogens is 114 g/mol. The Hall–Kier alpha value is -0.920. The minimum Gasteiger partial charge on any atom is -0.268 e. The second kappa shape index (κ2) is 5.22. The van der Waals surface area contributed by atoms with Gasteiger partial charge >= 0.3 is 0 Å². The molecule has 0 saturated heterocycles. The predicted molar refractivity (Wildman–Crippen MR) is 38.6 cm³/mol. The summed E-state index contributed by atoms with van der Waals surface area (Å²) in [6.45, 7) is 5.31. The Balaban J connectivity index is 3.44. The van der Waals surface area contributed by atoms with E-state index in [9.17, 15) is 4.79 Å². The van der Waals surface area contributed by atoms with Crippen molar-refractivity contribution in [1.29, 1.82) is 0 Å². The molecule has 0 aromatic rings. The average Bonchev–Trinajstić information content (AvgIpc) is 1.89. The number of carbonyl (C=O) groups is 1. The Morgan fingerprint density at radius 1 is 1.78 bits per heavy atom. The van der Waals surface area contributed by atoms with E-state index in [1.807, 2.05) is 6.92 Å². The van der Waals surface area contributed by atoms with Gasteiger partial charge in [0.15, 0.2) is 0 Å². The molecule has 2 nitrogen and oxygen atoms in total. The molecule has 0 atom stereocenters. The third-order valence-electron chi connectivity index (χ3n) is 0.811. The molecule has 0 aliphatic heterocycles. The molecule has 0 aliphatic rings. The lowest BCUT2D eigenvalue weighted by Gasteiger charge is -1.81. The summed E-state index contributed by atoms with van der Waals surface area (Å²) in [6.07, 6.45) is 4.70. The van der Waals surface area contributed by atoms with Crippen molar-refractivity contribution in [2.75, 3.05) is 0 Å². The Morgan fingerprint density at radius 3 is 2.89 bits per heavy atom. The summed E-state index contributed by atoms with van der Waals surface area (Å²) in [4.78, 5) is 13.9. The molecule has 0 fully saturated rings. The van der Waals surface area contributed by atoms with Crippen LogP contribution in [0.3, 0.4) is 0 Å². The Labute approximate surface area is 55.3 Å². The standard InChI is InChI=1S/C7H11NO/c1-3-5-6-8-7(9)4-2/h4,6H,2-3,5H2,1H3. The topological polar surface area (TPSA) is 29.4 Å². The van der Waals surface area contributed by atoms with Crippen molar-refractivity contribution >= 4 is 12.1 Å². The SMILES string of the molecule is C=CC(=O)N=CCCC. The van der Waals surface area contributed by atoms with Crippen molar-refractivity contribution in [2.24, 2.45) is 4.99 Å². The summed E-state index contributed by atoms with van der Waals surface area (Å²) in [6, 6.07) is 0. The minimum atomic E-state index is -0.261. The second-order valence-corrected chi connectivity index (χ2v) is 1.64. The fourth-order valence-electron chi connectivity index (χ4n) is 0.336. The van der Waals surface area contributed by atoms with E-state index >= 15 is 0 Å². The first-order valence-electron chi connectivity index (χ1n) is 3.00. The Bertz CT molecular complexity index is 127. The molecule has 0 rings (SSSR count). The molecule has 50 valence electrons. The van der Waals surface area contributed by atoms with Crippen LogP contribution in [0.2, 0.25) is 0 Å². The molecule has 0 aromatic carbocycles. The first-order valence-corrected chi connectivity index (χ1v) is 3.00. The Morgan fingerprint density at radius 2 is 2.44 bits per heavy atom. The van der Waals surface area contributed by atoms with Crippen LogP contribution in [0.4, 0.5) is 0 Å². The molecule has 0 bridgehead atoms. The number of hydrogen-bond acceptors (Lipinski definition) is 1. The number of aliphatic imine (C=N–C) groups is 1. The number of unbranched alkanes of at least 4 members (excludes halogenated alkanes) is 1. The predicted octanol–water partition coefficient (Wildman–Crippen LogP) is 1.57. The van der Waals surface area contributed by atoms with Crippen molar-refractivity contribution in [3.8, 4) is 0 Å². The first-order chi connectivity index (χ1) is 4.31. The molecule has 0 N–H and O–H groups in total. The summed E-state index contributed by atoms with van der Waals surface area (Å²) in [5.74, 6) is -0.261. The van der Waals surface area contributed by atoms with Gasteiger partial charge in [0.05, 0.1) is 0 Å². The van der Waals surface area contributed by atoms with Gasteiger partial charge in [0.25, 0.3) is 5.91 Å². The van der Waals surface area contributed by atoms with Gasteiger partial charge < -0.3 is 0 Å². The molecule has 0 heterocycles. The zero-order chi connectivity index (χ0) is 7.11. The van der Waals surface area contributed by atoms with Crippen molar-refractivity contribution in [3.63, 3.8) is 0 Å². The van der Waals surface area contributed by atoms with Crippen LogP contribution in [0.1, 0.15) is 19.8 Å². The lowest BCUT2D eigenvalue weighted by atomic mass is 10.4. The summed E-state index contributed by atoms with van der Waals surface area (Å²) in [5, 5.41) is 0. The van der Waals surface area contributed by atoms with E-state index in [0.29, 0.717) is 0 Å². The summed E-state index contributed by atoms with van der Waals surface area (Å²) in [5.41, 5.74) is 0. The number of nitrogens with zero attached hydrogens (tertiary/aromatic N) is 1. The second-order valence-electron chi connectivity index (χ2n) is 1.64. The normalized spacial score (nSPS) is 9.89. The third-order valence-corrected chi connectivity index (χ3v) is 0.811. The smallest absolute Gasteiger partial charge is 0.268 e. The molecule has 0 unspecified atom stereocenters. The Kier molecular flexibility index (Phi) is 4.69.